The summed E-state index contributed by atoms with van der Waals surface area (Å²) in [5, 5.41) is 9.60. The van der Waals surface area contributed by atoms with Gasteiger partial charge in [0.1, 0.15) is 6.61 Å². The third kappa shape index (κ3) is 50.4. The maximum Gasteiger partial charge on any atom is 0.306 e. The molecule has 0 aromatic rings. The summed E-state index contributed by atoms with van der Waals surface area (Å²) in [5.74, 6) is -0.630. The quantitative estimate of drug-likeness (QED) is 0.0375. The van der Waals surface area contributed by atoms with E-state index in [1.54, 1.807) is 0 Å². The van der Waals surface area contributed by atoms with Gasteiger partial charge in [0.25, 0.3) is 0 Å². The smallest absolute Gasteiger partial charge is 0.306 e. The Balaban J connectivity index is 3.42. The number of unbranched alkanes of at least 4 members (excludes halogenated alkanes) is 33. The fraction of sp³-hybridized carbons (Fsp3) is 0.821. The monoisotopic (exact) mass is 855 g/mol. The maximum atomic E-state index is 12.2. The molecule has 0 saturated carbocycles. The van der Waals surface area contributed by atoms with Crippen molar-refractivity contribution in [2.45, 2.75) is 283 Å². The molecule has 1 atom stereocenters. The van der Waals surface area contributed by atoms with E-state index in [0.29, 0.717) is 12.8 Å². The Morgan fingerprint density at radius 1 is 0.393 bits per heavy atom. The molecule has 61 heavy (non-hydrogen) atoms. The third-order valence-electron chi connectivity index (χ3n) is 11.9. The highest BCUT2D eigenvalue weighted by atomic mass is 16.6. The molecule has 356 valence electrons. The molecule has 5 heteroatoms. The zero-order valence-corrected chi connectivity index (χ0v) is 40.7. The van der Waals surface area contributed by atoms with Crippen LogP contribution < -0.4 is 0 Å². The fourth-order valence-electron chi connectivity index (χ4n) is 7.90. The van der Waals surface area contributed by atoms with E-state index >= 15 is 0 Å². The van der Waals surface area contributed by atoms with Gasteiger partial charge in [0.05, 0.1) is 6.61 Å². The number of aliphatic hydroxyl groups excluding tert-OH is 1. The lowest BCUT2D eigenvalue weighted by Gasteiger charge is -2.15. The van der Waals surface area contributed by atoms with Gasteiger partial charge in [-0.05, 0) is 51.4 Å². The van der Waals surface area contributed by atoms with Gasteiger partial charge in [-0.3, -0.25) is 9.59 Å². The van der Waals surface area contributed by atoms with Crippen molar-refractivity contribution in [2.24, 2.45) is 0 Å². The SMILES string of the molecule is CC/C=C\C/C=C\C/C=C\C/C=C\CCCCC(=O)OC(CO)COC(=O)CCCCCCCCCCCCCCCCCCCCCCCCCCCCCCCCCC. The van der Waals surface area contributed by atoms with E-state index in [2.05, 4.69) is 62.5 Å². The Bertz CT molecular complexity index is 1010. The molecule has 0 rings (SSSR count). The first-order valence-electron chi connectivity index (χ1n) is 26.7. The number of rotatable bonds is 49. The molecule has 0 heterocycles. The van der Waals surface area contributed by atoms with E-state index in [-0.39, 0.29) is 25.2 Å². The average molecular weight is 855 g/mol. The molecule has 0 bridgehead atoms. The molecule has 0 aromatic carbocycles. The number of hydrogen-bond acceptors (Lipinski definition) is 5. The van der Waals surface area contributed by atoms with E-state index in [1.165, 1.54) is 186 Å². The Labute approximate surface area is 379 Å². The van der Waals surface area contributed by atoms with Crippen LogP contribution in [0.2, 0.25) is 0 Å². The fourth-order valence-corrected chi connectivity index (χ4v) is 7.90. The van der Waals surface area contributed by atoms with E-state index in [9.17, 15) is 14.7 Å². The first-order chi connectivity index (χ1) is 30.1. The Hall–Kier alpha value is -2.14. The molecule has 0 fully saturated rings. The van der Waals surface area contributed by atoms with Crippen molar-refractivity contribution in [3.63, 3.8) is 0 Å². The molecule has 5 nitrogen and oxygen atoms in total. The number of aliphatic hydroxyl groups is 1. The highest BCUT2D eigenvalue weighted by Gasteiger charge is 2.16. The van der Waals surface area contributed by atoms with Gasteiger partial charge >= 0.3 is 11.9 Å². The van der Waals surface area contributed by atoms with Crippen molar-refractivity contribution >= 4 is 11.9 Å². The van der Waals surface area contributed by atoms with Crippen LogP contribution in [0.3, 0.4) is 0 Å². The normalized spacial score (nSPS) is 12.5. The molecular formula is C56H102O5. The molecule has 0 saturated heterocycles. The summed E-state index contributed by atoms with van der Waals surface area (Å²) in [4.78, 5) is 24.4. The number of esters is 2. The summed E-state index contributed by atoms with van der Waals surface area (Å²) >= 11 is 0. The molecule has 0 radical (unpaired) electrons. The van der Waals surface area contributed by atoms with Gasteiger partial charge in [-0.25, -0.2) is 0 Å². The van der Waals surface area contributed by atoms with Crippen LogP contribution in [0.4, 0.5) is 0 Å². The number of hydrogen-bond donors (Lipinski definition) is 1. The molecule has 0 aliphatic rings. The van der Waals surface area contributed by atoms with Gasteiger partial charge < -0.3 is 14.6 Å². The zero-order valence-electron chi connectivity index (χ0n) is 40.7. The van der Waals surface area contributed by atoms with Crippen LogP contribution in [-0.2, 0) is 19.1 Å². The van der Waals surface area contributed by atoms with Crippen molar-refractivity contribution in [1.29, 1.82) is 0 Å². The van der Waals surface area contributed by atoms with Crippen molar-refractivity contribution < 1.29 is 24.2 Å². The van der Waals surface area contributed by atoms with Crippen LogP contribution in [0.1, 0.15) is 277 Å². The molecule has 0 aromatic heterocycles. The van der Waals surface area contributed by atoms with Crippen LogP contribution in [0.25, 0.3) is 0 Å². The van der Waals surface area contributed by atoms with Crippen LogP contribution in [-0.4, -0.2) is 36.4 Å². The Morgan fingerprint density at radius 2 is 0.705 bits per heavy atom. The molecule has 0 spiro atoms. The lowest BCUT2D eigenvalue weighted by Crippen LogP contribution is -2.28. The minimum Gasteiger partial charge on any atom is -0.462 e. The highest BCUT2D eigenvalue weighted by Crippen LogP contribution is 2.17. The number of allylic oxidation sites excluding steroid dienone is 8. The molecule has 0 amide bonds. The lowest BCUT2D eigenvalue weighted by molar-refractivity contribution is -0.161. The molecule has 1 N–H and O–H groups in total. The van der Waals surface area contributed by atoms with E-state index < -0.39 is 6.10 Å². The summed E-state index contributed by atoms with van der Waals surface area (Å²) < 4.78 is 10.6. The van der Waals surface area contributed by atoms with Crippen LogP contribution in [0.15, 0.2) is 48.6 Å². The second-order valence-electron chi connectivity index (χ2n) is 17.9. The Morgan fingerprint density at radius 3 is 1.07 bits per heavy atom. The predicted octanol–water partition coefficient (Wildman–Crippen LogP) is 17.7. The summed E-state index contributed by atoms with van der Waals surface area (Å²) in [5.41, 5.74) is 0. The predicted molar refractivity (Wildman–Crippen MR) is 265 cm³/mol. The average Bonchev–Trinajstić information content (AvgIpc) is 3.26. The van der Waals surface area contributed by atoms with E-state index in [4.69, 9.17) is 9.47 Å². The minimum atomic E-state index is -0.793. The maximum absolute atomic E-state index is 12.2. The van der Waals surface area contributed by atoms with Gasteiger partial charge in [-0.1, -0.05) is 262 Å². The van der Waals surface area contributed by atoms with Crippen LogP contribution in [0, 0.1) is 0 Å². The first-order valence-corrected chi connectivity index (χ1v) is 26.7. The molecule has 0 aliphatic carbocycles. The molecule has 0 aliphatic heterocycles. The number of ether oxygens (including phenoxy) is 2. The third-order valence-corrected chi connectivity index (χ3v) is 11.9. The zero-order chi connectivity index (χ0) is 44.2. The van der Waals surface area contributed by atoms with Crippen molar-refractivity contribution in [3.05, 3.63) is 48.6 Å². The van der Waals surface area contributed by atoms with Gasteiger partial charge in [0.2, 0.25) is 0 Å². The second kappa shape index (κ2) is 52.2. The number of carbonyl (C=O) groups is 2. The van der Waals surface area contributed by atoms with Gasteiger partial charge in [-0.15, -0.1) is 0 Å². The summed E-state index contributed by atoms with van der Waals surface area (Å²) in [7, 11) is 0. The standard InChI is InChI=1S/C56H102O5/c1-3-5-7-9-11-13-15-17-19-20-21-22-23-24-25-26-27-28-29-30-31-32-33-34-35-37-38-40-42-44-46-48-50-55(58)60-53-54(52-57)61-56(59)51-49-47-45-43-41-39-36-18-16-14-12-10-8-6-4-2/h6,8,12,14,18,36,41,43,54,57H,3-5,7,9-11,13,15-17,19-35,37-40,42,44-53H2,1-2H3/b8-6-,14-12-,36-18-,43-41-. The van der Waals surface area contributed by atoms with Crippen LogP contribution in [0.5, 0.6) is 0 Å². The largest absolute Gasteiger partial charge is 0.462 e. The lowest BCUT2D eigenvalue weighted by atomic mass is 10.0. The summed E-state index contributed by atoms with van der Waals surface area (Å²) in [6.45, 7) is 4.02. The first kappa shape index (κ1) is 58.9. The molecule has 1 unspecified atom stereocenters. The van der Waals surface area contributed by atoms with Gasteiger partial charge in [0, 0.05) is 12.8 Å². The van der Waals surface area contributed by atoms with Crippen molar-refractivity contribution in [2.75, 3.05) is 13.2 Å². The number of carbonyl (C=O) groups excluding carboxylic acids is 2. The summed E-state index contributed by atoms with van der Waals surface area (Å²) in [6.07, 6.45) is 68.2. The Kier molecular flexibility index (Phi) is 50.4. The second-order valence-corrected chi connectivity index (χ2v) is 17.9. The van der Waals surface area contributed by atoms with E-state index in [1.807, 2.05) is 0 Å². The molecular weight excluding hydrogens is 753 g/mol. The van der Waals surface area contributed by atoms with Crippen molar-refractivity contribution in [1.82, 2.24) is 0 Å². The van der Waals surface area contributed by atoms with Crippen LogP contribution >= 0.6 is 0 Å². The topological polar surface area (TPSA) is 72.8 Å². The van der Waals surface area contributed by atoms with Crippen molar-refractivity contribution in [3.8, 4) is 0 Å². The summed E-state index contributed by atoms with van der Waals surface area (Å²) in [6, 6.07) is 0. The highest BCUT2D eigenvalue weighted by molar-refractivity contribution is 5.70. The van der Waals surface area contributed by atoms with Gasteiger partial charge in [0.15, 0.2) is 6.10 Å². The minimum absolute atomic E-state index is 0.0807. The van der Waals surface area contributed by atoms with E-state index in [0.717, 1.165) is 64.2 Å². The van der Waals surface area contributed by atoms with Gasteiger partial charge in [-0.2, -0.15) is 0 Å².